The maximum atomic E-state index is 13.2. The van der Waals surface area contributed by atoms with Crippen LogP contribution in [0.5, 0.6) is 0 Å². The van der Waals surface area contributed by atoms with E-state index in [0.717, 1.165) is 29.0 Å². The molecule has 2 aliphatic rings. The molecule has 174 valence electrons. The molecule has 1 atom stereocenters. The lowest BCUT2D eigenvalue weighted by Crippen LogP contribution is -2.42. The van der Waals surface area contributed by atoms with Crippen LogP contribution in [-0.4, -0.2) is 41.9 Å². The number of urea groups is 1. The van der Waals surface area contributed by atoms with Gasteiger partial charge in [-0.3, -0.25) is 14.5 Å². The van der Waals surface area contributed by atoms with Gasteiger partial charge in [0.15, 0.2) is 0 Å². The number of nitrogens with zero attached hydrogens (tertiary/aromatic N) is 1. The topological polar surface area (TPSA) is 105 Å². The molecule has 1 aromatic heterocycles. The van der Waals surface area contributed by atoms with Crippen LogP contribution in [0.3, 0.4) is 0 Å². The number of carbonyl (C=O) groups excluding carboxylic acids is 4. The maximum absolute atomic E-state index is 13.2. The molecule has 1 aromatic carbocycles. The summed E-state index contributed by atoms with van der Waals surface area (Å²) in [5.41, 5.74) is 2.22. The Kier molecular flexibility index (Phi) is 6.25. The van der Waals surface area contributed by atoms with E-state index in [4.69, 9.17) is 4.74 Å². The number of carbonyl (C=O) groups is 4. The zero-order valence-electron chi connectivity index (χ0n) is 18.9. The molecule has 4 amide bonds. The number of fused-ring (bicyclic) bond motifs is 1. The minimum Gasteiger partial charge on any atom is -0.462 e. The molecular formula is C24H27N3O5S. The van der Waals surface area contributed by atoms with Crippen LogP contribution in [-0.2, 0) is 39.1 Å². The first kappa shape index (κ1) is 23.0. The highest BCUT2D eigenvalue weighted by atomic mass is 32.1. The van der Waals surface area contributed by atoms with Crippen molar-refractivity contribution in [1.29, 1.82) is 0 Å². The lowest BCUT2D eigenvalue weighted by Gasteiger charge is -2.23. The number of hydrogen-bond acceptors (Lipinski definition) is 6. The van der Waals surface area contributed by atoms with Gasteiger partial charge in [-0.25, -0.2) is 9.59 Å². The third kappa shape index (κ3) is 4.25. The molecule has 33 heavy (non-hydrogen) atoms. The molecule has 0 saturated carbocycles. The van der Waals surface area contributed by atoms with E-state index >= 15 is 0 Å². The molecular weight excluding hydrogens is 442 g/mol. The van der Waals surface area contributed by atoms with Gasteiger partial charge in [-0.2, -0.15) is 0 Å². The summed E-state index contributed by atoms with van der Waals surface area (Å²) in [7, 11) is 0. The van der Waals surface area contributed by atoms with Gasteiger partial charge in [-0.15, -0.1) is 11.3 Å². The third-order valence-corrected chi connectivity index (χ3v) is 7.33. The Balaban J connectivity index is 1.50. The van der Waals surface area contributed by atoms with Crippen molar-refractivity contribution in [2.24, 2.45) is 0 Å². The van der Waals surface area contributed by atoms with Gasteiger partial charge in [0.05, 0.1) is 12.2 Å². The van der Waals surface area contributed by atoms with Gasteiger partial charge >= 0.3 is 12.0 Å². The third-order valence-electron chi connectivity index (χ3n) is 6.13. The number of thiophene rings is 1. The number of amides is 4. The van der Waals surface area contributed by atoms with E-state index in [1.165, 1.54) is 22.5 Å². The van der Waals surface area contributed by atoms with Crippen LogP contribution < -0.4 is 10.6 Å². The molecule has 0 bridgehead atoms. The molecule has 1 unspecified atom stereocenters. The van der Waals surface area contributed by atoms with Crippen LogP contribution in [0, 0.1) is 0 Å². The van der Waals surface area contributed by atoms with Crippen LogP contribution in [0.15, 0.2) is 24.3 Å². The Morgan fingerprint density at radius 1 is 1.18 bits per heavy atom. The van der Waals surface area contributed by atoms with Gasteiger partial charge in [0.1, 0.15) is 17.1 Å². The summed E-state index contributed by atoms with van der Waals surface area (Å²) in [6.07, 6.45) is 3.75. The fourth-order valence-electron chi connectivity index (χ4n) is 4.30. The van der Waals surface area contributed by atoms with Crippen molar-refractivity contribution in [3.63, 3.8) is 0 Å². The van der Waals surface area contributed by atoms with E-state index in [-0.39, 0.29) is 12.2 Å². The molecule has 0 radical (unpaired) electrons. The minimum atomic E-state index is -1.23. The molecule has 2 N–H and O–H groups in total. The average molecular weight is 470 g/mol. The van der Waals surface area contributed by atoms with Crippen LogP contribution in [0.4, 0.5) is 9.80 Å². The van der Waals surface area contributed by atoms with Crippen molar-refractivity contribution < 1.29 is 23.9 Å². The summed E-state index contributed by atoms with van der Waals surface area (Å²) in [5.74, 6) is -1.57. The van der Waals surface area contributed by atoms with E-state index in [2.05, 4.69) is 10.6 Å². The van der Waals surface area contributed by atoms with Crippen LogP contribution in [0.25, 0.3) is 0 Å². The normalized spacial score (nSPS) is 19.4. The maximum Gasteiger partial charge on any atom is 0.341 e. The Hall–Kier alpha value is -3.20. The Morgan fingerprint density at radius 2 is 1.94 bits per heavy atom. The fraction of sp³-hybridized carbons (Fsp3) is 0.417. The van der Waals surface area contributed by atoms with E-state index in [0.29, 0.717) is 17.0 Å². The van der Waals surface area contributed by atoms with Gasteiger partial charge in [0.25, 0.3) is 5.91 Å². The molecule has 2 heterocycles. The van der Waals surface area contributed by atoms with Crippen molar-refractivity contribution in [2.75, 3.05) is 18.5 Å². The van der Waals surface area contributed by atoms with Crippen molar-refractivity contribution in [1.82, 2.24) is 10.2 Å². The SMILES string of the molecule is CCOC(=O)c1cc(CC)sc1NC(=O)CN1C(=O)NC(C)(c2ccc3c(c2)CCC3)C1=O. The Bertz CT molecular complexity index is 1140. The monoisotopic (exact) mass is 469 g/mol. The number of hydrogen-bond donors (Lipinski definition) is 2. The molecule has 0 spiro atoms. The van der Waals surface area contributed by atoms with E-state index in [9.17, 15) is 19.2 Å². The van der Waals surface area contributed by atoms with Gasteiger partial charge in [0.2, 0.25) is 5.91 Å². The molecule has 4 rings (SSSR count). The summed E-state index contributed by atoms with van der Waals surface area (Å²) in [4.78, 5) is 52.7. The first-order valence-corrected chi connectivity index (χ1v) is 11.9. The molecule has 1 aliphatic carbocycles. The second-order valence-corrected chi connectivity index (χ2v) is 9.50. The van der Waals surface area contributed by atoms with E-state index < -0.39 is 35.9 Å². The second kappa shape index (κ2) is 8.97. The number of nitrogens with one attached hydrogen (secondary N) is 2. The predicted molar refractivity (Wildman–Crippen MR) is 124 cm³/mol. The largest absolute Gasteiger partial charge is 0.462 e. The minimum absolute atomic E-state index is 0.216. The zero-order chi connectivity index (χ0) is 23.8. The first-order valence-electron chi connectivity index (χ1n) is 11.1. The molecule has 1 aliphatic heterocycles. The summed E-state index contributed by atoms with van der Waals surface area (Å²) >= 11 is 1.27. The lowest BCUT2D eigenvalue weighted by molar-refractivity contribution is -0.133. The number of imide groups is 1. The number of benzene rings is 1. The van der Waals surface area contributed by atoms with Gasteiger partial charge in [0, 0.05) is 4.88 Å². The van der Waals surface area contributed by atoms with Crippen LogP contribution >= 0.6 is 11.3 Å². The zero-order valence-corrected chi connectivity index (χ0v) is 19.8. The number of rotatable bonds is 7. The van der Waals surface area contributed by atoms with Gasteiger partial charge in [-0.1, -0.05) is 25.1 Å². The fourth-order valence-corrected chi connectivity index (χ4v) is 5.30. The van der Waals surface area contributed by atoms with Gasteiger partial charge in [-0.05, 0) is 62.3 Å². The quantitative estimate of drug-likeness (QED) is 0.478. The highest BCUT2D eigenvalue weighted by Gasteiger charge is 2.49. The van der Waals surface area contributed by atoms with Crippen molar-refractivity contribution >= 4 is 40.2 Å². The summed E-state index contributed by atoms with van der Waals surface area (Å²) in [5, 5.41) is 5.78. The average Bonchev–Trinajstić information content (AvgIpc) is 3.47. The summed E-state index contributed by atoms with van der Waals surface area (Å²) in [6.45, 7) is 5.08. The molecule has 1 saturated heterocycles. The highest BCUT2D eigenvalue weighted by molar-refractivity contribution is 7.16. The van der Waals surface area contributed by atoms with Crippen LogP contribution in [0.2, 0.25) is 0 Å². The predicted octanol–water partition coefficient (Wildman–Crippen LogP) is 3.38. The molecule has 9 heteroatoms. The van der Waals surface area contributed by atoms with Crippen molar-refractivity contribution in [3.05, 3.63) is 51.4 Å². The summed E-state index contributed by atoms with van der Waals surface area (Å²) in [6, 6.07) is 6.93. The number of aryl methyl sites for hydroxylation is 3. The number of anilines is 1. The first-order chi connectivity index (χ1) is 15.8. The Morgan fingerprint density at radius 3 is 2.67 bits per heavy atom. The lowest BCUT2D eigenvalue weighted by atomic mass is 9.89. The highest BCUT2D eigenvalue weighted by Crippen LogP contribution is 2.33. The van der Waals surface area contributed by atoms with Crippen molar-refractivity contribution in [2.45, 2.75) is 52.0 Å². The van der Waals surface area contributed by atoms with E-state index in [1.54, 1.807) is 19.9 Å². The summed E-state index contributed by atoms with van der Waals surface area (Å²) < 4.78 is 5.07. The molecule has 1 fully saturated rings. The standard InChI is InChI=1S/C24H27N3O5S/c1-4-17-12-18(21(29)32-5-2)20(33-17)25-19(28)13-27-22(30)24(3,26-23(27)31)16-10-9-14-7-6-8-15(14)11-16/h9-12H,4-8,13H2,1-3H3,(H,25,28)(H,26,31). The van der Waals surface area contributed by atoms with Crippen molar-refractivity contribution in [3.8, 4) is 0 Å². The smallest absolute Gasteiger partial charge is 0.341 e. The molecule has 8 nitrogen and oxygen atoms in total. The number of esters is 1. The molecule has 2 aromatic rings. The van der Waals surface area contributed by atoms with Gasteiger partial charge < -0.3 is 15.4 Å². The number of ether oxygens (including phenoxy) is 1. The Labute approximate surface area is 196 Å². The second-order valence-electron chi connectivity index (χ2n) is 8.36. The van der Waals surface area contributed by atoms with Crippen LogP contribution in [0.1, 0.15) is 59.1 Å². The van der Waals surface area contributed by atoms with E-state index in [1.807, 2.05) is 25.1 Å².